The van der Waals surface area contributed by atoms with Crippen LogP contribution >= 0.6 is 12.4 Å². The zero-order valence-electron chi connectivity index (χ0n) is 11.5. The van der Waals surface area contributed by atoms with Crippen LogP contribution < -0.4 is 5.32 Å². The number of nitrogens with one attached hydrogen (secondary N) is 1. The van der Waals surface area contributed by atoms with Gasteiger partial charge in [-0.2, -0.15) is 0 Å². The van der Waals surface area contributed by atoms with Crippen molar-refractivity contribution in [2.24, 2.45) is 0 Å². The Morgan fingerprint density at radius 3 is 2.25 bits per heavy atom. The Morgan fingerprint density at radius 1 is 1.10 bits per heavy atom. The predicted molar refractivity (Wildman–Crippen MR) is 80.2 cm³/mol. The van der Waals surface area contributed by atoms with Gasteiger partial charge in [0, 0.05) is 11.4 Å². The second kappa shape index (κ2) is 6.34. The van der Waals surface area contributed by atoms with Crippen molar-refractivity contribution in [3.8, 4) is 0 Å². The van der Waals surface area contributed by atoms with Crippen LogP contribution in [0.25, 0.3) is 0 Å². The van der Waals surface area contributed by atoms with Crippen LogP contribution in [0.4, 0.5) is 11.6 Å². The first-order valence-electron chi connectivity index (χ1n) is 5.89. The summed E-state index contributed by atoms with van der Waals surface area (Å²) in [4.78, 5) is 19.7. The number of aromatic nitrogens is 2. The number of carbonyl (C=O) groups is 1. The van der Waals surface area contributed by atoms with Gasteiger partial charge < -0.3 is 10.4 Å². The van der Waals surface area contributed by atoms with Gasteiger partial charge in [-0.3, -0.25) is 0 Å². The van der Waals surface area contributed by atoms with Gasteiger partial charge in [0.05, 0.1) is 11.3 Å². The predicted octanol–water partition coefficient (Wildman–Crippen LogP) is 3.27. The van der Waals surface area contributed by atoms with Crippen LogP contribution in [-0.2, 0) is 0 Å². The van der Waals surface area contributed by atoms with Crippen LogP contribution in [0.15, 0.2) is 24.3 Å². The summed E-state index contributed by atoms with van der Waals surface area (Å²) >= 11 is 0. The van der Waals surface area contributed by atoms with E-state index in [0.29, 0.717) is 11.6 Å². The minimum Gasteiger partial charge on any atom is -0.478 e. The number of nitrogens with zero attached hydrogens (tertiary/aromatic N) is 2. The van der Waals surface area contributed by atoms with E-state index in [0.717, 1.165) is 17.0 Å². The number of hydrogen-bond acceptors (Lipinski definition) is 4. The van der Waals surface area contributed by atoms with Crippen molar-refractivity contribution in [1.29, 1.82) is 0 Å². The molecule has 5 nitrogen and oxygen atoms in total. The molecule has 2 N–H and O–H groups in total. The Labute approximate surface area is 123 Å². The van der Waals surface area contributed by atoms with Crippen molar-refractivity contribution in [3.05, 3.63) is 46.8 Å². The first-order valence-corrected chi connectivity index (χ1v) is 5.89. The maximum absolute atomic E-state index is 11.2. The highest BCUT2D eigenvalue weighted by atomic mass is 35.5. The number of carboxylic acid groups (broad SMARTS) is 1. The maximum Gasteiger partial charge on any atom is 0.337 e. The lowest BCUT2D eigenvalue weighted by Crippen LogP contribution is -2.06. The first-order chi connectivity index (χ1) is 8.95. The van der Waals surface area contributed by atoms with Gasteiger partial charge in [-0.05, 0) is 39.0 Å². The van der Waals surface area contributed by atoms with Gasteiger partial charge in [-0.25, -0.2) is 14.8 Å². The Morgan fingerprint density at radius 2 is 1.70 bits per heavy atom. The van der Waals surface area contributed by atoms with E-state index in [1.807, 2.05) is 32.9 Å². The molecule has 0 aliphatic carbocycles. The fourth-order valence-corrected chi connectivity index (χ4v) is 1.85. The normalized spacial score (nSPS) is 9.75. The molecule has 2 aromatic rings. The summed E-state index contributed by atoms with van der Waals surface area (Å²) in [5.41, 5.74) is 3.26. The number of halogens is 1. The minimum atomic E-state index is -0.976. The third-order valence-corrected chi connectivity index (χ3v) is 2.63. The SMILES string of the molecule is Cc1ccc(Nc2nc(C)cc(C)n2)c(C(=O)O)c1.Cl. The third-order valence-electron chi connectivity index (χ3n) is 2.63. The van der Waals surface area contributed by atoms with Crippen molar-refractivity contribution in [3.63, 3.8) is 0 Å². The van der Waals surface area contributed by atoms with Gasteiger partial charge in [0.1, 0.15) is 0 Å². The molecule has 0 radical (unpaired) electrons. The van der Waals surface area contributed by atoms with Crippen molar-refractivity contribution in [1.82, 2.24) is 9.97 Å². The highest BCUT2D eigenvalue weighted by molar-refractivity contribution is 5.95. The highest BCUT2D eigenvalue weighted by Gasteiger charge is 2.11. The summed E-state index contributed by atoms with van der Waals surface area (Å²) in [5.74, 6) is -0.570. The summed E-state index contributed by atoms with van der Waals surface area (Å²) in [5, 5.41) is 12.2. The average molecular weight is 294 g/mol. The molecule has 2 rings (SSSR count). The molecule has 0 aliphatic rings. The lowest BCUT2D eigenvalue weighted by Gasteiger charge is -2.10. The molecule has 106 valence electrons. The lowest BCUT2D eigenvalue weighted by molar-refractivity contribution is 0.0698. The average Bonchev–Trinajstić information content (AvgIpc) is 2.30. The molecular formula is C14H16ClN3O2. The molecule has 0 atom stereocenters. The maximum atomic E-state index is 11.2. The monoisotopic (exact) mass is 293 g/mol. The molecule has 1 aromatic carbocycles. The second-order valence-electron chi connectivity index (χ2n) is 4.45. The number of anilines is 2. The zero-order valence-corrected chi connectivity index (χ0v) is 12.3. The Balaban J connectivity index is 0.00000200. The number of rotatable bonds is 3. The van der Waals surface area contributed by atoms with Crippen LogP contribution in [0, 0.1) is 20.8 Å². The molecule has 20 heavy (non-hydrogen) atoms. The highest BCUT2D eigenvalue weighted by Crippen LogP contribution is 2.20. The topological polar surface area (TPSA) is 75.1 Å². The van der Waals surface area contributed by atoms with E-state index in [4.69, 9.17) is 0 Å². The first kappa shape index (κ1) is 15.9. The van der Waals surface area contributed by atoms with Crippen molar-refractivity contribution in [2.45, 2.75) is 20.8 Å². The van der Waals surface area contributed by atoms with Crippen LogP contribution in [0.1, 0.15) is 27.3 Å². The van der Waals surface area contributed by atoms with E-state index in [1.165, 1.54) is 0 Å². The van der Waals surface area contributed by atoms with Crippen LogP contribution in [-0.4, -0.2) is 21.0 Å². The van der Waals surface area contributed by atoms with Gasteiger partial charge >= 0.3 is 5.97 Å². The largest absolute Gasteiger partial charge is 0.478 e. The molecule has 0 unspecified atom stereocenters. The van der Waals surface area contributed by atoms with Gasteiger partial charge in [-0.1, -0.05) is 11.6 Å². The molecule has 0 bridgehead atoms. The van der Waals surface area contributed by atoms with Crippen molar-refractivity contribution >= 4 is 30.0 Å². The summed E-state index contributed by atoms with van der Waals surface area (Å²) in [6.45, 7) is 5.59. The summed E-state index contributed by atoms with van der Waals surface area (Å²) < 4.78 is 0. The van der Waals surface area contributed by atoms with E-state index >= 15 is 0 Å². The zero-order chi connectivity index (χ0) is 14.0. The smallest absolute Gasteiger partial charge is 0.337 e. The molecule has 1 heterocycles. The van der Waals surface area contributed by atoms with Crippen molar-refractivity contribution < 1.29 is 9.90 Å². The van der Waals surface area contributed by atoms with Crippen LogP contribution in [0.2, 0.25) is 0 Å². The summed E-state index contributed by atoms with van der Waals surface area (Å²) in [6, 6.07) is 7.04. The van der Waals surface area contributed by atoms with E-state index < -0.39 is 5.97 Å². The molecule has 0 saturated heterocycles. The molecule has 0 saturated carbocycles. The molecule has 0 fully saturated rings. The van der Waals surface area contributed by atoms with E-state index in [-0.39, 0.29) is 18.0 Å². The standard InChI is InChI=1S/C14H15N3O2.ClH/c1-8-4-5-12(11(6-8)13(18)19)17-14-15-9(2)7-10(3)16-14;/h4-7H,1-3H3,(H,18,19)(H,15,16,17);1H. The van der Waals surface area contributed by atoms with E-state index in [9.17, 15) is 9.90 Å². The lowest BCUT2D eigenvalue weighted by atomic mass is 10.1. The van der Waals surface area contributed by atoms with Gasteiger partial charge in [0.2, 0.25) is 5.95 Å². The summed E-state index contributed by atoms with van der Waals surface area (Å²) in [6.07, 6.45) is 0. The quantitative estimate of drug-likeness (QED) is 0.908. The number of aryl methyl sites for hydroxylation is 3. The van der Waals surface area contributed by atoms with Gasteiger partial charge in [-0.15, -0.1) is 12.4 Å². The Hall–Kier alpha value is -2.14. The molecular weight excluding hydrogens is 278 g/mol. The van der Waals surface area contributed by atoms with E-state index in [2.05, 4.69) is 15.3 Å². The fourth-order valence-electron chi connectivity index (χ4n) is 1.85. The molecule has 0 aliphatic heterocycles. The van der Waals surface area contributed by atoms with Crippen LogP contribution in [0.3, 0.4) is 0 Å². The Bertz CT molecular complexity index is 624. The molecule has 0 amide bonds. The third kappa shape index (κ3) is 3.68. The second-order valence-corrected chi connectivity index (χ2v) is 4.45. The Kier molecular flexibility index (Phi) is 5.05. The van der Waals surface area contributed by atoms with Crippen LogP contribution in [0.5, 0.6) is 0 Å². The van der Waals surface area contributed by atoms with Gasteiger partial charge in [0.15, 0.2) is 0 Å². The number of benzene rings is 1. The van der Waals surface area contributed by atoms with Gasteiger partial charge in [0.25, 0.3) is 0 Å². The van der Waals surface area contributed by atoms with E-state index in [1.54, 1.807) is 12.1 Å². The number of aromatic carboxylic acids is 1. The number of carboxylic acids is 1. The number of hydrogen-bond donors (Lipinski definition) is 2. The van der Waals surface area contributed by atoms with Crippen molar-refractivity contribution in [2.75, 3.05) is 5.32 Å². The molecule has 1 aromatic heterocycles. The fraction of sp³-hybridized carbons (Fsp3) is 0.214. The molecule has 6 heteroatoms. The molecule has 0 spiro atoms. The minimum absolute atomic E-state index is 0. The summed E-state index contributed by atoms with van der Waals surface area (Å²) in [7, 11) is 0.